The summed E-state index contributed by atoms with van der Waals surface area (Å²) in [5.74, 6) is -0.939. The van der Waals surface area contributed by atoms with Gasteiger partial charge in [0.2, 0.25) is 11.2 Å². The topological polar surface area (TPSA) is 115 Å². The standard InChI is InChI=1S/C19H14BrNO7/c20-13-3-1-2-4-14(13)28-16-9-27-15-7-11(5-6-12(15)19(16)25)26-10-17(22)21-8-18(23)24/h1-7,9H,8,10H2,(H,21,22)(H,23,24). The highest BCUT2D eigenvalue weighted by molar-refractivity contribution is 9.10. The van der Waals surface area contributed by atoms with Crippen LogP contribution in [0.15, 0.2) is 62.4 Å². The lowest BCUT2D eigenvalue weighted by atomic mass is 10.2. The smallest absolute Gasteiger partial charge is 0.322 e. The van der Waals surface area contributed by atoms with Crippen molar-refractivity contribution in [3.63, 3.8) is 0 Å². The molecule has 0 unspecified atom stereocenters. The van der Waals surface area contributed by atoms with E-state index in [1.807, 2.05) is 6.07 Å². The lowest BCUT2D eigenvalue weighted by Gasteiger charge is -2.09. The molecule has 0 saturated heterocycles. The molecule has 0 radical (unpaired) electrons. The van der Waals surface area contributed by atoms with Crippen molar-refractivity contribution in [2.24, 2.45) is 0 Å². The molecule has 0 aliphatic heterocycles. The molecule has 28 heavy (non-hydrogen) atoms. The molecule has 3 aromatic rings. The number of carbonyl (C=O) groups is 2. The number of ether oxygens (including phenoxy) is 2. The number of fused-ring (bicyclic) bond motifs is 1. The minimum Gasteiger partial charge on any atom is -0.484 e. The first kappa shape index (κ1) is 19.4. The largest absolute Gasteiger partial charge is 0.484 e. The van der Waals surface area contributed by atoms with Crippen LogP contribution in [-0.4, -0.2) is 30.1 Å². The summed E-state index contributed by atoms with van der Waals surface area (Å²) in [5, 5.41) is 11.0. The summed E-state index contributed by atoms with van der Waals surface area (Å²) in [4.78, 5) is 34.5. The van der Waals surface area contributed by atoms with Gasteiger partial charge in [-0.1, -0.05) is 12.1 Å². The van der Waals surface area contributed by atoms with Gasteiger partial charge in [0.1, 0.15) is 29.9 Å². The molecule has 0 atom stereocenters. The number of halogens is 1. The van der Waals surface area contributed by atoms with Gasteiger partial charge in [0.05, 0.1) is 9.86 Å². The molecular formula is C19H14BrNO7. The molecule has 3 rings (SSSR count). The summed E-state index contributed by atoms with van der Waals surface area (Å²) in [6.07, 6.45) is 1.20. The van der Waals surface area contributed by atoms with Crippen LogP contribution in [0.4, 0.5) is 0 Å². The third kappa shape index (κ3) is 4.68. The maximum atomic E-state index is 12.6. The fourth-order valence-electron chi connectivity index (χ4n) is 2.27. The zero-order chi connectivity index (χ0) is 20.1. The third-order valence-electron chi connectivity index (χ3n) is 3.58. The molecule has 2 aromatic carbocycles. The van der Waals surface area contributed by atoms with Crippen LogP contribution in [0, 0.1) is 0 Å². The van der Waals surface area contributed by atoms with Crippen molar-refractivity contribution in [1.82, 2.24) is 5.32 Å². The average molecular weight is 448 g/mol. The van der Waals surface area contributed by atoms with E-state index in [2.05, 4.69) is 21.2 Å². The molecule has 9 heteroatoms. The molecule has 8 nitrogen and oxygen atoms in total. The van der Waals surface area contributed by atoms with Gasteiger partial charge in [0, 0.05) is 6.07 Å². The van der Waals surface area contributed by atoms with E-state index in [9.17, 15) is 14.4 Å². The maximum Gasteiger partial charge on any atom is 0.322 e. The second-order valence-electron chi connectivity index (χ2n) is 5.58. The normalized spacial score (nSPS) is 10.5. The van der Waals surface area contributed by atoms with E-state index in [1.54, 1.807) is 18.2 Å². The van der Waals surface area contributed by atoms with Gasteiger partial charge in [-0.3, -0.25) is 14.4 Å². The maximum absolute atomic E-state index is 12.6. The molecule has 0 saturated carbocycles. The van der Waals surface area contributed by atoms with Crippen LogP contribution in [0.1, 0.15) is 0 Å². The zero-order valence-electron chi connectivity index (χ0n) is 14.3. The van der Waals surface area contributed by atoms with E-state index in [4.69, 9.17) is 19.0 Å². The number of aliphatic carboxylic acids is 1. The Hall–Kier alpha value is -3.33. The van der Waals surface area contributed by atoms with Crippen LogP contribution in [0.25, 0.3) is 11.0 Å². The molecule has 0 spiro atoms. The van der Waals surface area contributed by atoms with Gasteiger partial charge in [-0.2, -0.15) is 0 Å². The molecule has 0 aliphatic rings. The van der Waals surface area contributed by atoms with Crippen molar-refractivity contribution in [3.8, 4) is 17.2 Å². The Morgan fingerprint density at radius 2 is 1.93 bits per heavy atom. The lowest BCUT2D eigenvalue weighted by Crippen LogP contribution is -2.33. The quantitative estimate of drug-likeness (QED) is 0.571. The third-order valence-corrected chi connectivity index (χ3v) is 4.23. The Kier molecular flexibility index (Phi) is 5.95. The number of hydrogen-bond donors (Lipinski definition) is 2. The Balaban J connectivity index is 1.75. The number of benzene rings is 2. The molecule has 1 amide bonds. The van der Waals surface area contributed by atoms with E-state index in [1.165, 1.54) is 24.5 Å². The number of amides is 1. The van der Waals surface area contributed by atoms with Gasteiger partial charge in [-0.25, -0.2) is 0 Å². The van der Waals surface area contributed by atoms with Crippen LogP contribution in [0.2, 0.25) is 0 Å². The highest BCUT2D eigenvalue weighted by Gasteiger charge is 2.12. The summed E-state index contributed by atoms with van der Waals surface area (Å²) in [5.41, 5.74) is -0.101. The Labute approximate surface area is 166 Å². The molecule has 0 fully saturated rings. The number of carboxylic acids is 1. The minimum absolute atomic E-state index is 0.0288. The molecule has 2 N–H and O–H groups in total. The molecular weight excluding hydrogens is 434 g/mol. The summed E-state index contributed by atoms with van der Waals surface area (Å²) >= 11 is 3.35. The van der Waals surface area contributed by atoms with Gasteiger partial charge >= 0.3 is 5.97 Å². The van der Waals surface area contributed by atoms with Crippen LogP contribution < -0.4 is 20.2 Å². The summed E-state index contributed by atoms with van der Waals surface area (Å²) in [6.45, 7) is -0.860. The second-order valence-corrected chi connectivity index (χ2v) is 6.43. The lowest BCUT2D eigenvalue weighted by molar-refractivity contribution is -0.138. The van der Waals surface area contributed by atoms with Crippen molar-refractivity contribution in [2.45, 2.75) is 0 Å². The van der Waals surface area contributed by atoms with Crippen molar-refractivity contribution < 1.29 is 28.6 Å². The number of nitrogens with one attached hydrogen (secondary N) is 1. The molecule has 1 heterocycles. The number of rotatable bonds is 7. The van der Waals surface area contributed by atoms with Crippen LogP contribution in [0.3, 0.4) is 0 Å². The van der Waals surface area contributed by atoms with Crippen molar-refractivity contribution in [1.29, 1.82) is 0 Å². The summed E-state index contributed by atoms with van der Waals surface area (Å²) in [7, 11) is 0. The van der Waals surface area contributed by atoms with Gasteiger partial charge in [-0.15, -0.1) is 0 Å². The Bertz CT molecular complexity index is 1090. The second kappa shape index (κ2) is 8.57. The van der Waals surface area contributed by atoms with E-state index >= 15 is 0 Å². The van der Waals surface area contributed by atoms with Crippen molar-refractivity contribution in [2.75, 3.05) is 13.2 Å². The summed E-state index contributed by atoms with van der Waals surface area (Å²) in [6, 6.07) is 11.6. The van der Waals surface area contributed by atoms with Crippen LogP contribution in [-0.2, 0) is 9.59 Å². The highest BCUT2D eigenvalue weighted by atomic mass is 79.9. The first-order valence-corrected chi connectivity index (χ1v) is 8.82. The monoisotopic (exact) mass is 447 g/mol. The minimum atomic E-state index is -1.15. The fraction of sp³-hybridized carbons (Fsp3) is 0.105. The van der Waals surface area contributed by atoms with Gasteiger partial charge in [-0.05, 0) is 40.2 Å². The van der Waals surface area contributed by atoms with E-state index in [0.717, 1.165) is 0 Å². The van der Waals surface area contributed by atoms with Crippen molar-refractivity contribution >= 4 is 38.8 Å². The van der Waals surface area contributed by atoms with E-state index in [-0.39, 0.29) is 28.8 Å². The van der Waals surface area contributed by atoms with Crippen LogP contribution in [0.5, 0.6) is 17.2 Å². The number of carbonyl (C=O) groups excluding carboxylic acids is 1. The predicted molar refractivity (Wildman–Crippen MR) is 103 cm³/mol. The van der Waals surface area contributed by atoms with E-state index < -0.39 is 18.4 Å². The summed E-state index contributed by atoms with van der Waals surface area (Å²) < 4.78 is 17.1. The van der Waals surface area contributed by atoms with Gasteiger partial charge in [0.25, 0.3) is 5.91 Å². The number of carboxylic acid groups (broad SMARTS) is 1. The number of hydrogen-bond acceptors (Lipinski definition) is 6. The predicted octanol–water partition coefficient (Wildman–Crippen LogP) is 2.93. The average Bonchev–Trinajstić information content (AvgIpc) is 2.68. The Morgan fingerprint density at radius 3 is 2.68 bits per heavy atom. The van der Waals surface area contributed by atoms with E-state index in [0.29, 0.717) is 16.0 Å². The molecule has 144 valence electrons. The fourth-order valence-corrected chi connectivity index (χ4v) is 2.64. The molecule has 0 aliphatic carbocycles. The first-order chi connectivity index (χ1) is 13.4. The Morgan fingerprint density at radius 1 is 1.14 bits per heavy atom. The number of para-hydroxylation sites is 1. The first-order valence-electron chi connectivity index (χ1n) is 8.03. The van der Waals surface area contributed by atoms with Crippen molar-refractivity contribution in [3.05, 3.63) is 63.4 Å². The molecule has 0 bridgehead atoms. The van der Waals surface area contributed by atoms with Crippen LogP contribution >= 0.6 is 15.9 Å². The SMILES string of the molecule is O=C(O)CNC(=O)COc1ccc2c(=O)c(Oc3ccccc3Br)coc2c1. The van der Waals surface area contributed by atoms with Gasteiger partial charge in [0.15, 0.2) is 6.61 Å². The zero-order valence-corrected chi connectivity index (χ0v) is 15.9. The highest BCUT2D eigenvalue weighted by Crippen LogP contribution is 2.29. The molecule has 1 aromatic heterocycles. The van der Waals surface area contributed by atoms with Gasteiger partial charge < -0.3 is 24.3 Å².